The van der Waals surface area contributed by atoms with Gasteiger partial charge < -0.3 is 9.15 Å². The van der Waals surface area contributed by atoms with E-state index in [1.807, 2.05) is 60.7 Å². The van der Waals surface area contributed by atoms with Crippen molar-refractivity contribution < 1.29 is 9.15 Å². The lowest BCUT2D eigenvalue weighted by molar-refractivity contribution is 0.415. The van der Waals surface area contributed by atoms with Gasteiger partial charge in [-0.25, -0.2) is 0 Å². The van der Waals surface area contributed by atoms with Gasteiger partial charge in [0.25, 0.3) is 0 Å². The van der Waals surface area contributed by atoms with Crippen molar-refractivity contribution in [3.05, 3.63) is 91.0 Å². The van der Waals surface area contributed by atoms with Crippen LogP contribution in [0.5, 0.6) is 5.75 Å². The minimum Gasteiger partial charge on any atom is -0.497 e. The summed E-state index contributed by atoms with van der Waals surface area (Å²) in [5.74, 6) is 2.57. The third kappa shape index (κ3) is 3.07. The molecule has 122 valence electrons. The molecule has 0 spiro atoms. The first-order valence-corrected chi connectivity index (χ1v) is 8.24. The van der Waals surface area contributed by atoms with Gasteiger partial charge >= 0.3 is 0 Å². The third-order valence-electron chi connectivity index (χ3n) is 4.23. The van der Waals surface area contributed by atoms with Crippen molar-refractivity contribution in [3.63, 3.8) is 0 Å². The van der Waals surface area contributed by atoms with Crippen molar-refractivity contribution >= 4 is 0 Å². The number of hydrogen-bond donors (Lipinski definition) is 0. The maximum atomic E-state index is 6.27. The molecule has 0 saturated heterocycles. The number of rotatable bonds is 4. The van der Waals surface area contributed by atoms with E-state index in [1.165, 1.54) is 0 Å². The van der Waals surface area contributed by atoms with E-state index < -0.39 is 0 Å². The van der Waals surface area contributed by atoms with Crippen LogP contribution in [0.2, 0.25) is 0 Å². The lowest BCUT2D eigenvalue weighted by Gasteiger charge is -2.03. The molecule has 2 nitrogen and oxygen atoms in total. The molecule has 0 aliphatic carbocycles. The molecule has 0 saturated carbocycles. The van der Waals surface area contributed by atoms with E-state index in [0.29, 0.717) is 0 Å². The molecule has 0 bridgehead atoms. The standard InChI is InChI=1S/C23H18O2/c1-24-20-14-12-18(13-15-20)22-16-21(17-8-4-2-5-9-17)23(25-22)19-10-6-3-7-11-19/h2-16H,1H3. The minimum absolute atomic E-state index is 0.835. The zero-order valence-electron chi connectivity index (χ0n) is 14.0. The third-order valence-corrected chi connectivity index (χ3v) is 4.23. The van der Waals surface area contributed by atoms with Crippen molar-refractivity contribution in [1.29, 1.82) is 0 Å². The van der Waals surface area contributed by atoms with Gasteiger partial charge in [0, 0.05) is 16.7 Å². The fourth-order valence-electron chi connectivity index (χ4n) is 2.92. The first-order valence-electron chi connectivity index (χ1n) is 8.24. The van der Waals surface area contributed by atoms with Crippen molar-refractivity contribution in [3.8, 4) is 39.5 Å². The second-order valence-corrected chi connectivity index (χ2v) is 5.81. The normalized spacial score (nSPS) is 10.6. The van der Waals surface area contributed by atoms with Gasteiger partial charge in [0.2, 0.25) is 0 Å². The highest BCUT2D eigenvalue weighted by molar-refractivity contribution is 5.83. The Kier molecular flexibility index (Phi) is 4.09. The molecule has 1 heterocycles. The number of ether oxygens (including phenoxy) is 1. The number of benzene rings is 3. The summed E-state index contributed by atoms with van der Waals surface area (Å²) in [4.78, 5) is 0. The molecule has 4 aromatic rings. The Balaban J connectivity index is 1.86. The zero-order chi connectivity index (χ0) is 17.1. The fraction of sp³-hybridized carbons (Fsp3) is 0.0435. The van der Waals surface area contributed by atoms with E-state index in [4.69, 9.17) is 9.15 Å². The summed E-state index contributed by atoms with van der Waals surface area (Å²) in [6, 6.07) is 30.6. The highest BCUT2D eigenvalue weighted by Gasteiger charge is 2.15. The Morgan fingerprint density at radius 2 is 1.24 bits per heavy atom. The van der Waals surface area contributed by atoms with Crippen molar-refractivity contribution in [2.75, 3.05) is 7.11 Å². The number of methoxy groups -OCH3 is 1. The van der Waals surface area contributed by atoms with Crippen LogP contribution in [0.1, 0.15) is 0 Å². The molecule has 0 radical (unpaired) electrons. The summed E-state index contributed by atoms with van der Waals surface area (Å²) in [6.45, 7) is 0. The average molecular weight is 326 g/mol. The molecular weight excluding hydrogens is 308 g/mol. The van der Waals surface area contributed by atoms with Gasteiger partial charge in [0.05, 0.1) is 7.11 Å². The largest absolute Gasteiger partial charge is 0.497 e. The lowest BCUT2D eigenvalue weighted by Crippen LogP contribution is -1.81. The predicted molar refractivity (Wildman–Crippen MR) is 102 cm³/mol. The number of furan rings is 1. The van der Waals surface area contributed by atoms with Gasteiger partial charge in [-0.1, -0.05) is 60.7 Å². The molecule has 0 atom stereocenters. The molecule has 25 heavy (non-hydrogen) atoms. The molecule has 0 unspecified atom stereocenters. The molecule has 0 fully saturated rings. The molecule has 4 rings (SSSR count). The molecule has 0 amide bonds. The zero-order valence-corrected chi connectivity index (χ0v) is 14.0. The van der Waals surface area contributed by atoms with Crippen LogP contribution in [-0.2, 0) is 0 Å². The Labute approximate surface area is 147 Å². The molecule has 0 aliphatic heterocycles. The molecular formula is C23H18O2. The minimum atomic E-state index is 0.835. The van der Waals surface area contributed by atoms with Crippen LogP contribution in [0.3, 0.4) is 0 Å². The monoisotopic (exact) mass is 326 g/mol. The maximum Gasteiger partial charge on any atom is 0.142 e. The summed E-state index contributed by atoms with van der Waals surface area (Å²) in [5.41, 5.74) is 4.34. The molecule has 1 aromatic heterocycles. The van der Waals surface area contributed by atoms with Crippen molar-refractivity contribution in [1.82, 2.24) is 0 Å². The second-order valence-electron chi connectivity index (χ2n) is 5.81. The maximum absolute atomic E-state index is 6.27. The van der Waals surface area contributed by atoms with Crippen LogP contribution in [-0.4, -0.2) is 7.11 Å². The van der Waals surface area contributed by atoms with Gasteiger partial charge in [0.1, 0.15) is 17.3 Å². The highest BCUT2D eigenvalue weighted by atomic mass is 16.5. The SMILES string of the molecule is COc1ccc(-c2cc(-c3ccccc3)c(-c3ccccc3)o2)cc1. The Morgan fingerprint density at radius 1 is 0.640 bits per heavy atom. The quantitative estimate of drug-likeness (QED) is 0.440. The summed E-state index contributed by atoms with van der Waals surface area (Å²) in [7, 11) is 1.67. The van der Waals surface area contributed by atoms with Crippen molar-refractivity contribution in [2.24, 2.45) is 0 Å². The molecule has 0 N–H and O–H groups in total. The van der Waals surface area contributed by atoms with Crippen LogP contribution in [0.4, 0.5) is 0 Å². The number of hydrogen-bond acceptors (Lipinski definition) is 2. The molecule has 3 aromatic carbocycles. The van der Waals surface area contributed by atoms with E-state index in [9.17, 15) is 0 Å². The van der Waals surface area contributed by atoms with Crippen LogP contribution in [0.25, 0.3) is 33.8 Å². The van der Waals surface area contributed by atoms with Crippen LogP contribution >= 0.6 is 0 Å². The fourth-order valence-corrected chi connectivity index (χ4v) is 2.92. The van der Waals surface area contributed by atoms with Crippen molar-refractivity contribution in [2.45, 2.75) is 0 Å². The molecule has 2 heteroatoms. The van der Waals surface area contributed by atoms with E-state index in [2.05, 4.69) is 30.3 Å². The van der Waals surface area contributed by atoms with Gasteiger partial charge in [-0.05, 0) is 35.9 Å². The topological polar surface area (TPSA) is 22.4 Å². The summed E-state index contributed by atoms with van der Waals surface area (Å²) in [6.07, 6.45) is 0. The van der Waals surface area contributed by atoms with E-state index in [-0.39, 0.29) is 0 Å². The first-order chi connectivity index (χ1) is 12.3. The van der Waals surface area contributed by atoms with Crippen LogP contribution in [0, 0.1) is 0 Å². The van der Waals surface area contributed by atoms with E-state index in [1.54, 1.807) is 7.11 Å². The average Bonchev–Trinajstić information content (AvgIpc) is 3.15. The van der Waals surface area contributed by atoms with E-state index in [0.717, 1.165) is 39.5 Å². The van der Waals surface area contributed by atoms with Crippen LogP contribution in [0.15, 0.2) is 95.4 Å². The van der Waals surface area contributed by atoms with Gasteiger partial charge in [-0.3, -0.25) is 0 Å². The van der Waals surface area contributed by atoms with Gasteiger partial charge in [0.15, 0.2) is 0 Å². The lowest BCUT2D eigenvalue weighted by atomic mass is 10.0. The smallest absolute Gasteiger partial charge is 0.142 e. The summed E-state index contributed by atoms with van der Waals surface area (Å²) < 4.78 is 11.5. The van der Waals surface area contributed by atoms with Gasteiger partial charge in [-0.15, -0.1) is 0 Å². The Morgan fingerprint density at radius 3 is 1.84 bits per heavy atom. The highest BCUT2D eigenvalue weighted by Crippen LogP contribution is 2.38. The summed E-state index contributed by atoms with van der Waals surface area (Å²) >= 11 is 0. The first kappa shape index (κ1) is 15.3. The Hall–Kier alpha value is -3.26. The van der Waals surface area contributed by atoms with Gasteiger partial charge in [-0.2, -0.15) is 0 Å². The predicted octanol–water partition coefficient (Wildman–Crippen LogP) is 6.29. The molecule has 0 aliphatic rings. The second kappa shape index (κ2) is 6.70. The van der Waals surface area contributed by atoms with E-state index >= 15 is 0 Å². The van der Waals surface area contributed by atoms with Crippen LogP contribution < -0.4 is 4.74 Å². The Bertz CT molecular complexity index is 895. The summed E-state index contributed by atoms with van der Waals surface area (Å²) in [5, 5.41) is 0.